The van der Waals surface area contributed by atoms with Crippen molar-refractivity contribution in [2.45, 2.75) is 25.3 Å². The van der Waals surface area contributed by atoms with E-state index >= 15 is 0 Å². The Morgan fingerprint density at radius 2 is 1.04 bits per heavy atom. The second kappa shape index (κ2) is 17.5. The predicted octanol–water partition coefficient (Wildman–Crippen LogP) is 7.77. The van der Waals surface area contributed by atoms with Crippen LogP contribution in [0.25, 0.3) is 32.3 Å². The first-order chi connectivity index (χ1) is 31.5. The highest BCUT2D eigenvalue weighted by Gasteiger charge is 2.28. The smallest absolute Gasteiger partial charge is 0.296 e. The van der Waals surface area contributed by atoms with Crippen LogP contribution in [-0.4, -0.2) is 82.2 Å². The fraction of sp³-hybridized carbons (Fsp3) is 0.0526. The Balaban J connectivity index is 1.33. The summed E-state index contributed by atoms with van der Waals surface area (Å²) in [6, 6.07) is 16.8. The Bertz CT molecular complexity index is 3980. The molecular formula is C38H29N7O18S5. The normalized spacial score (nSPS) is 13.2. The fourth-order valence-electron chi connectivity index (χ4n) is 6.76. The first kappa shape index (κ1) is 48.8. The van der Waals surface area contributed by atoms with Gasteiger partial charge in [0.05, 0.1) is 29.6 Å². The number of hydrogen-bond acceptors (Lipinski definition) is 20. The van der Waals surface area contributed by atoms with Crippen molar-refractivity contribution in [1.29, 1.82) is 0 Å². The van der Waals surface area contributed by atoms with Gasteiger partial charge in [-0.15, -0.1) is 20.5 Å². The van der Waals surface area contributed by atoms with Crippen LogP contribution < -0.4 is 10.5 Å². The maximum absolute atomic E-state index is 12.6. The summed E-state index contributed by atoms with van der Waals surface area (Å²) in [4.78, 5) is -3.87. The molecule has 68 heavy (non-hydrogen) atoms. The van der Waals surface area contributed by atoms with Gasteiger partial charge in [0.1, 0.15) is 53.8 Å². The number of azo groups is 3. The molecule has 0 radical (unpaired) electrons. The van der Waals surface area contributed by atoms with Gasteiger partial charge >= 0.3 is 0 Å². The molecule has 354 valence electrons. The Hall–Kier alpha value is -7.13. The van der Waals surface area contributed by atoms with Crippen LogP contribution in [0.2, 0.25) is 0 Å². The van der Waals surface area contributed by atoms with Crippen LogP contribution in [0.3, 0.4) is 0 Å². The van der Waals surface area contributed by atoms with Crippen molar-refractivity contribution in [2.24, 2.45) is 30.7 Å². The number of phenols is 2. The molecule has 7 rings (SSSR count). The number of aromatic hydroxyl groups is 2. The van der Waals surface area contributed by atoms with Crippen LogP contribution in [0.4, 0.5) is 39.8 Å². The van der Waals surface area contributed by atoms with Gasteiger partial charge in [-0.2, -0.15) is 52.3 Å². The standard InChI is InChI=1S/C38H29N7O18S5/c1-63-24-8-5-22(6-9-24)40-45-35-31(67(57,58)59)15-21-12-23(7-10-25(21)36(35)46)41-44-34-30(66(54,55)56)14-19-4-11-27(37(47)32(19)33(34)39)42-43-28-16-26-18(13-29(28)65(51,52)53)2-3-20(17-64(48,49)50)38(26)68(60,61)62/h2-16,46-47H,17,39H2,1H3,(H,48,49,50)(H,51,52,53)(H,54,55,56)(H,57,58,59)(H,60,61,62). The molecule has 0 spiro atoms. The number of anilines is 1. The molecule has 0 saturated heterocycles. The second-order valence-corrected chi connectivity index (χ2v) is 21.1. The Kier molecular flexibility index (Phi) is 12.6. The van der Waals surface area contributed by atoms with Gasteiger partial charge in [-0.1, -0.05) is 18.2 Å². The van der Waals surface area contributed by atoms with Crippen molar-refractivity contribution in [2.75, 3.05) is 12.8 Å². The van der Waals surface area contributed by atoms with E-state index in [1.165, 1.54) is 31.4 Å². The van der Waals surface area contributed by atoms with E-state index < -0.39 is 132 Å². The molecule has 0 aliphatic heterocycles. The van der Waals surface area contributed by atoms with E-state index in [2.05, 4.69) is 30.7 Å². The fourth-order valence-corrected chi connectivity index (χ4v) is 10.4. The molecule has 30 heteroatoms. The summed E-state index contributed by atoms with van der Waals surface area (Å²) in [7, 11) is -24.2. The minimum Gasteiger partial charge on any atom is -0.505 e. The van der Waals surface area contributed by atoms with Gasteiger partial charge in [0.15, 0.2) is 11.5 Å². The molecule has 25 nitrogen and oxygen atoms in total. The molecular weight excluding hydrogens is 1000 g/mol. The van der Waals surface area contributed by atoms with Crippen molar-refractivity contribution in [3.63, 3.8) is 0 Å². The highest BCUT2D eigenvalue weighted by molar-refractivity contribution is 7.87. The third-order valence-corrected chi connectivity index (χ3v) is 14.0. The zero-order valence-corrected chi connectivity index (χ0v) is 37.9. The van der Waals surface area contributed by atoms with Gasteiger partial charge in [0.25, 0.3) is 50.6 Å². The number of nitrogens with zero attached hydrogens (tertiary/aromatic N) is 6. The minimum absolute atomic E-state index is 0.0244. The number of phenolic OH excluding ortho intramolecular Hbond substituents is 2. The summed E-state index contributed by atoms with van der Waals surface area (Å²) >= 11 is 0. The minimum atomic E-state index is -5.31. The number of benzene rings is 7. The number of fused-ring (bicyclic) bond motifs is 3. The van der Waals surface area contributed by atoms with E-state index in [1.54, 1.807) is 12.1 Å². The number of nitrogens with two attached hydrogens (primary N) is 1. The Morgan fingerprint density at radius 3 is 1.65 bits per heavy atom. The molecule has 0 aromatic heterocycles. The molecule has 0 fully saturated rings. The predicted molar refractivity (Wildman–Crippen MR) is 240 cm³/mol. The zero-order valence-electron chi connectivity index (χ0n) is 33.8. The van der Waals surface area contributed by atoms with Crippen molar-refractivity contribution < 1.29 is 79.8 Å². The van der Waals surface area contributed by atoms with Crippen LogP contribution in [0.5, 0.6) is 17.2 Å². The maximum atomic E-state index is 12.6. The van der Waals surface area contributed by atoms with E-state index in [4.69, 9.17) is 10.5 Å². The number of hydrogen-bond donors (Lipinski definition) is 8. The highest BCUT2D eigenvalue weighted by atomic mass is 32.2. The summed E-state index contributed by atoms with van der Waals surface area (Å²) in [6.45, 7) is 0. The largest absolute Gasteiger partial charge is 0.505 e. The number of rotatable bonds is 13. The van der Waals surface area contributed by atoms with E-state index in [-0.39, 0.29) is 32.9 Å². The maximum Gasteiger partial charge on any atom is 0.296 e. The molecule has 9 N–H and O–H groups in total. The van der Waals surface area contributed by atoms with Crippen LogP contribution in [0.1, 0.15) is 5.56 Å². The van der Waals surface area contributed by atoms with Gasteiger partial charge in [-0.3, -0.25) is 22.8 Å². The number of ether oxygens (including phenoxy) is 1. The second-order valence-electron chi connectivity index (χ2n) is 14.2. The van der Waals surface area contributed by atoms with Gasteiger partial charge < -0.3 is 20.7 Å². The molecule has 7 aromatic carbocycles. The van der Waals surface area contributed by atoms with Crippen LogP contribution in [0.15, 0.2) is 141 Å². The summed E-state index contributed by atoms with van der Waals surface area (Å²) in [6.07, 6.45) is 0. The summed E-state index contributed by atoms with van der Waals surface area (Å²) in [5.74, 6) is -2.44. The number of nitrogen functional groups attached to an aromatic ring is 1. The van der Waals surface area contributed by atoms with E-state index in [0.717, 1.165) is 42.5 Å². The van der Waals surface area contributed by atoms with Gasteiger partial charge in [0, 0.05) is 10.8 Å². The molecule has 7 aromatic rings. The molecule has 0 unspecified atom stereocenters. The van der Waals surface area contributed by atoms with Crippen molar-refractivity contribution in [1.82, 2.24) is 0 Å². The summed E-state index contributed by atoms with van der Waals surface area (Å²) < 4.78 is 178. The average Bonchev–Trinajstić information content (AvgIpc) is 3.23. The molecule has 0 heterocycles. The third-order valence-electron chi connectivity index (χ3n) is 9.70. The van der Waals surface area contributed by atoms with Gasteiger partial charge in [-0.05, 0) is 94.5 Å². The molecule has 0 saturated carbocycles. The van der Waals surface area contributed by atoms with Crippen molar-refractivity contribution in [3.8, 4) is 17.2 Å². The lowest BCUT2D eigenvalue weighted by Crippen LogP contribution is -2.09. The first-order valence-corrected chi connectivity index (χ1v) is 25.6. The van der Waals surface area contributed by atoms with Crippen LogP contribution >= 0.6 is 0 Å². The molecule has 0 aliphatic carbocycles. The third kappa shape index (κ3) is 10.1. The highest BCUT2D eigenvalue weighted by Crippen LogP contribution is 2.47. The quantitative estimate of drug-likeness (QED) is 0.0310. The zero-order chi connectivity index (χ0) is 49.9. The van der Waals surface area contributed by atoms with Crippen molar-refractivity contribution in [3.05, 3.63) is 96.6 Å². The van der Waals surface area contributed by atoms with E-state index in [1.807, 2.05) is 0 Å². The van der Waals surface area contributed by atoms with Crippen LogP contribution in [0, 0.1) is 0 Å². The first-order valence-electron chi connectivity index (χ1n) is 18.3. The Morgan fingerprint density at radius 1 is 0.500 bits per heavy atom. The monoisotopic (exact) mass is 1030 g/mol. The lowest BCUT2D eigenvalue weighted by Gasteiger charge is -2.13. The lowest BCUT2D eigenvalue weighted by molar-refractivity contribution is 0.415. The average molecular weight is 1030 g/mol. The van der Waals surface area contributed by atoms with E-state index in [0.29, 0.717) is 17.9 Å². The molecule has 0 amide bonds. The number of methoxy groups -OCH3 is 1. The van der Waals surface area contributed by atoms with Crippen molar-refractivity contribution >= 4 is 123 Å². The molecule has 0 atom stereocenters. The molecule has 0 aliphatic rings. The summed E-state index contributed by atoms with van der Waals surface area (Å²) in [5.41, 5.74) is 2.30. The lowest BCUT2D eigenvalue weighted by atomic mass is 10.1. The van der Waals surface area contributed by atoms with E-state index in [9.17, 15) is 75.1 Å². The van der Waals surface area contributed by atoms with Crippen LogP contribution in [-0.2, 0) is 56.3 Å². The summed E-state index contributed by atoms with van der Waals surface area (Å²) in [5, 5.41) is 44.1. The van der Waals surface area contributed by atoms with Gasteiger partial charge in [-0.25, -0.2) is 0 Å². The Labute approximate surface area is 383 Å². The SMILES string of the molecule is COc1ccc(N=Nc2c(S(=O)(=O)O)cc3cc(N=Nc4c(S(=O)(=O)O)cc5ccc(N=Nc6cc7c(S(=O)(=O)O)c(CS(=O)(=O)O)ccc7cc6S(=O)(=O)O)c(O)c5c4N)ccc3c2O)cc1. The van der Waals surface area contributed by atoms with Gasteiger partial charge in [0.2, 0.25) is 0 Å². The topological polar surface area (TPSA) is 422 Å². The molecule has 0 bridgehead atoms.